The van der Waals surface area contributed by atoms with Gasteiger partial charge in [-0.2, -0.15) is 0 Å². The second kappa shape index (κ2) is 17.3. The Kier molecular flexibility index (Phi) is 14.1. The van der Waals surface area contributed by atoms with Gasteiger partial charge in [0.05, 0.1) is 0 Å². The number of aromatic nitrogens is 2. The van der Waals surface area contributed by atoms with E-state index in [1.54, 1.807) is 90.9 Å². The van der Waals surface area contributed by atoms with Crippen molar-refractivity contribution in [3.05, 3.63) is 47.8 Å². The minimum Gasteiger partial charge on any atom is -0.459 e. The van der Waals surface area contributed by atoms with Gasteiger partial charge in [0, 0.05) is 51.7 Å². The van der Waals surface area contributed by atoms with E-state index in [0.717, 1.165) is 9.80 Å². The lowest BCUT2D eigenvalue weighted by atomic mass is 10.2. The SMILES string of the molecule is CC(OC(=O)N(C)c1ncccc1COC(=O)CN(C)C(=O)OC(C)(C)C)N(C)c1ncccc1COC(=O)CN(C)C(=O)OC(C)(C)C. The molecule has 0 bridgehead atoms. The molecular weight excluding hydrogens is 640 g/mol. The first-order valence-corrected chi connectivity index (χ1v) is 15.4. The molecule has 2 heterocycles. The molecule has 1 unspecified atom stereocenters. The van der Waals surface area contributed by atoms with Crippen molar-refractivity contribution in [3.63, 3.8) is 0 Å². The summed E-state index contributed by atoms with van der Waals surface area (Å²) >= 11 is 0. The Morgan fingerprint density at radius 3 is 1.51 bits per heavy atom. The number of rotatable bonds is 12. The molecule has 16 nitrogen and oxygen atoms in total. The average Bonchev–Trinajstić information content (AvgIpc) is 3.00. The van der Waals surface area contributed by atoms with Crippen LogP contribution >= 0.6 is 0 Å². The van der Waals surface area contributed by atoms with Crippen LogP contribution in [0.4, 0.5) is 26.0 Å². The maximum absolute atomic E-state index is 13.2. The molecule has 3 amide bonds. The van der Waals surface area contributed by atoms with Crippen LogP contribution in [-0.2, 0) is 46.5 Å². The molecule has 16 heteroatoms. The molecule has 2 rings (SSSR count). The number of amides is 3. The van der Waals surface area contributed by atoms with Crippen molar-refractivity contribution in [1.82, 2.24) is 19.8 Å². The fraction of sp³-hybridized carbons (Fsp3) is 0.545. The molecule has 0 aliphatic carbocycles. The molecule has 0 N–H and O–H groups in total. The van der Waals surface area contributed by atoms with Crippen molar-refractivity contribution >= 4 is 41.9 Å². The van der Waals surface area contributed by atoms with Gasteiger partial charge in [-0.15, -0.1) is 0 Å². The zero-order valence-corrected chi connectivity index (χ0v) is 30.1. The van der Waals surface area contributed by atoms with E-state index in [1.165, 1.54) is 32.2 Å². The number of carbonyl (C=O) groups excluding carboxylic acids is 5. The van der Waals surface area contributed by atoms with Gasteiger partial charge in [-0.1, -0.05) is 12.1 Å². The topological polar surface area (TPSA) is 170 Å². The first-order valence-electron chi connectivity index (χ1n) is 15.4. The smallest absolute Gasteiger partial charge is 0.417 e. The molecule has 2 aromatic heterocycles. The second-order valence-electron chi connectivity index (χ2n) is 13.1. The normalized spacial score (nSPS) is 11.8. The number of nitrogens with zero attached hydrogens (tertiary/aromatic N) is 6. The number of carbonyl (C=O) groups is 5. The van der Waals surface area contributed by atoms with Gasteiger partial charge in [0.15, 0.2) is 6.23 Å². The van der Waals surface area contributed by atoms with Crippen LogP contribution in [0.3, 0.4) is 0 Å². The summed E-state index contributed by atoms with van der Waals surface area (Å²) in [5.74, 6) is -0.757. The highest BCUT2D eigenvalue weighted by Crippen LogP contribution is 2.22. The molecule has 270 valence electrons. The summed E-state index contributed by atoms with van der Waals surface area (Å²) in [5, 5.41) is 0. The fourth-order valence-electron chi connectivity index (χ4n) is 3.87. The zero-order chi connectivity index (χ0) is 37.1. The van der Waals surface area contributed by atoms with E-state index in [0.29, 0.717) is 16.9 Å². The number of pyridine rings is 2. The van der Waals surface area contributed by atoms with Gasteiger partial charge >= 0.3 is 30.2 Å². The Bertz CT molecular complexity index is 1470. The van der Waals surface area contributed by atoms with Crippen molar-refractivity contribution in [2.75, 3.05) is 51.1 Å². The molecular formula is C33H48N6O10. The number of hydrogen-bond donors (Lipinski definition) is 0. The third-order valence-electron chi connectivity index (χ3n) is 6.40. The van der Waals surface area contributed by atoms with Crippen LogP contribution in [-0.4, -0.2) is 109 Å². The summed E-state index contributed by atoms with van der Waals surface area (Å²) in [6.45, 7) is 10.9. The van der Waals surface area contributed by atoms with E-state index in [9.17, 15) is 24.0 Å². The van der Waals surface area contributed by atoms with Crippen LogP contribution in [0, 0.1) is 0 Å². The predicted octanol–water partition coefficient (Wildman–Crippen LogP) is 4.35. The molecule has 0 aliphatic heterocycles. The highest BCUT2D eigenvalue weighted by molar-refractivity contribution is 5.87. The van der Waals surface area contributed by atoms with E-state index in [2.05, 4.69) is 9.97 Å². The largest absolute Gasteiger partial charge is 0.459 e. The van der Waals surface area contributed by atoms with E-state index in [1.807, 2.05) is 0 Å². The van der Waals surface area contributed by atoms with Crippen LogP contribution in [0.25, 0.3) is 0 Å². The average molecular weight is 689 g/mol. The molecule has 1 atom stereocenters. The molecule has 0 saturated carbocycles. The lowest BCUT2D eigenvalue weighted by Crippen LogP contribution is -2.39. The molecule has 0 spiro atoms. The Labute approximate surface area is 287 Å². The Morgan fingerprint density at radius 2 is 1.08 bits per heavy atom. The Hall–Kier alpha value is -5.15. The predicted molar refractivity (Wildman–Crippen MR) is 179 cm³/mol. The molecule has 49 heavy (non-hydrogen) atoms. The second-order valence-corrected chi connectivity index (χ2v) is 13.1. The maximum Gasteiger partial charge on any atom is 0.417 e. The summed E-state index contributed by atoms with van der Waals surface area (Å²) in [7, 11) is 5.96. The van der Waals surface area contributed by atoms with Crippen LogP contribution in [0.5, 0.6) is 0 Å². The van der Waals surface area contributed by atoms with Crippen LogP contribution in [0.1, 0.15) is 59.6 Å². The Morgan fingerprint density at radius 1 is 0.673 bits per heavy atom. The minimum atomic E-state index is -0.842. The molecule has 0 radical (unpaired) electrons. The van der Waals surface area contributed by atoms with Crippen LogP contribution in [0.15, 0.2) is 36.7 Å². The fourth-order valence-corrected chi connectivity index (χ4v) is 3.87. The lowest BCUT2D eigenvalue weighted by Gasteiger charge is -2.29. The summed E-state index contributed by atoms with van der Waals surface area (Å²) in [4.78, 5) is 76.1. The van der Waals surface area contributed by atoms with Gasteiger partial charge in [0.1, 0.15) is 49.1 Å². The highest BCUT2D eigenvalue weighted by Gasteiger charge is 2.26. The summed E-state index contributed by atoms with van der Waals surface area (Å²) < 4.78 is 26.9. The summed E-state index contributed by atoms with van der Waals surface area (Å²) in [5.41, 5.74) is -0.483. The van der Waals surface area contributed by atoms with Crippen molar-refractivity contribution in [2.24, 2.45) is 0 Å². The van der Waals surface area contributed by atoms with E-state index < -0.39 is 47.6 Å². The third-order valence-corrected chi connectivity index (χ3v) is 6.40. The van der Waals surface area contributed by atoms with Gasteiger partial charge in [-0.05, 0) is 60.6 Å². The molecule has 0 aliphatic rings. The van der Waals surface area contributed by atoms with Crippen LogP contribution in [0.2, 0.25) is 0 Å². The van der Waals surface area contributed by atoms with Gasteiger partial charge in [-0.25, -0.2) is 24.4 Å². The zero-order valence-electron chi connectivity index (χ0n) is 30.1. The van der Waals surface area contributed by atoms with Gasteiger partial charge in [0.2, 0.25) is 0 Å². The highest BCUT2D eigenvalue weighted by atomic mass is 16.6. The quantitative estimate of drug-likeness (QED) is 0.175. The molecule has 0 saturated heterocycles. The monoisotopic (exact) mass is 688 g/mol. The first kappa shape index (κ1) is 40.0. The van der Waals surface area contributed by atoms with Crippen molar-refractivity contribution in [2.45, 2.75) is 79.1 Å². The van der Waals surface area contributed by atoms with Crippen molar-refractivity contribution in [1.29, 1.82) is 0 Å². The summed E-state index contributed by atoms with van der Waals surface area (Å²) in [6, 6.07) is 6.64. The number of ether oxygens (including phenoxy) is 5. The number of anilines is 2. The standard InChI is InChI=1S/C33H48N6O10/c1-22(38(10)27-23(14-12-16-34-27)20-45-25(40)18-36(8)29(42)48-32(2,3)4)47-31(44)39(11)28-24(15-13-17-35-28)21-46-26(41)19-37(9)30(43)49-33(5,6)7/h12-17,22H,18-21H2,1-11H3. The molecule has 0 fully saturated rings. The van der Waals surface area contributed by atoms with Gasteiger partial charge in [0.25, 0.3) is 0 Å². The molecule has 2 aromatic rings. The first-order chi connectivity index (χ1) is 22.7. The van der Waals surface area contributed by atoms with E-state index >= 15 is 0 Å². The van der Waals surface area contributed by atoms with E-state index in [-0.39, 0.29) is 32.1 Å². The summed E-state index contributed by atoms with van der Waals surface area (Å²) in [6.07, 6.45) is 0.0864. The number of esters is 2. The minimum absolute atomic E-state index is 0.154. The maximum atomic E-state index is 13.2. The van der Waals surface area contributed by atoms with Gasteiger partial charge < -0.3 is 38.4 Å². The van der Waals surface area contributed by atoms with Crippen LogP contribution < -0.4 is 9.80 Å². The lowest BCUT2D eigenvalue weighted by molar-refractivity contribution is -0.146. The number of likely N-dealkylation sites (N-methyl/N-ethyl adjacent to an activating group) is 2. The molecule has 0 aromatic carbocycles. The van der Waals surface area contributed by atoms with Crippen molar-refractivity contribution < 1.29 is 47.7 Å². The van der Waals surface area contributed by atoms with E-state index in [4.69, 9.17) is 23.7 Å². The third kappa shape index (κ3) is 13.5. The van der Waals surface area contributed by atoms with Crippen molar-refractivity contribution in [3.8, 4) is 0 Å². The Balaban J connectivity index is 2.00. The number of hydrogen-bond acceptors (Lipinski definition) is 13. The van der Waals surface area contributed by atoms with Gasteiger partial charge in [-0.3, -0.25) is 14.5 Å².